The Morgan fingerprint density at radius 1 is 1.04 bits per heavy atom. The quantitative estimate of drug-likeness (QED) is 0.341. The average Bonchev–Trinajstić information content (AvgIpc) is 2.63. The Balaban J connectivity index is 1.65. The molecule has 1 aliphatic heterocycles. The fourth-order valence-corrected chi connectivity index (χ4v) is 5.15. The van der Waals surface area contributed by atoms with Crippen LogP contribution in [0.4, 0.5) is 5.69 Å². The number of benzene rings is 2. The molecule has 0 N–H and O–H groups in total. The molecule has 1 heterocycles. The summed E-state index contributed by atoms with van der Waals surface area (Å²) in [6, 6.07) is 12.9. The van der Waals surface area contributed by atoms with Crippen LogP contribution >= 0.6 is 23.5 Å². The molecule has 1 fully saturated rings. The average molecular weight is 361 g/mol. The van der Waals surface area contributed by atoms with Gasteiger partial charge in [0.2, 0.25) is 0 Å². The predicted molar refractivity (Wildman–Crippen MR) is 96.8 cm³/mol. The van der Waals surface area contributed by atoms with Crippen LogP contribution in [-0.2, 0) is 0 Å². The summed E-state index contributed by atoms with van der Waals surface area (Å²) in [6.45, 7) is 0. The van der Waals surface area contributed by atoms with Crippen LogP contribution in [0.25, 0.3) is 0 Å². The normalized spacial score (nSPS) is 15.0. The lowest BCUT2D eigenvalue weighted by atomic mass is 10.1. The molecule has 3 rings (SSSR count). The van der Waals surface area contributed by atoms with Crippen molar-refractivity contribution in [2.24, 2.45) is 0 Å². The Labute approximate surface area is 147 Å². The Bertz CT molecular complexity index is 725. The molecule has 24 heavy (non-hydrogen) atoms. The number of hydrogen-bond donors (Lipinski definition) is 0. The van der Waals surface area contributed by atoms with Crippen LogP contribution in [0.5, 0.6) is 5.75 Å². The van der Waals surface area contributed by atoms with E-state index in [0.717, 1.165) is 0 Å². The molecule has 2 aromatic rings. The number of carbonyl (C=O) groups excluding carboxylic acids is 1. The third-order valence-electron chi connectivity index (χ3n) is 3.50. The third kappa shape index (κ3) is 4.10. The lowest BCUT2D eigenvalue weighted by molar-refractivity contribution is -0.384. The number of nitro benzene ring substituents is 1. The van der Waals surface area contributed by atoms with E-state index in [9.17, 15) is 14.9 Å². The first-order chi connectivity index (χ1) is 11.6. The van der Waals surface area contributed by atoms with Gasteiger partial charge in [-0.2, -0.15) is 0 Å². The summed E-state index contributed by atoms with van der Waals surface area (Å²) in [7, 11) is 0. The molecule has 0 unspecified atom stereocenters. The highest BCUT2D eigenvalue weighted by Gasteiger charge is 2.17. The van der Waals surface area contributed by atoms with Gasteiger partial charge in [0.05, 0.1) is 15.1 Å². The summed E-state index contributed by atoms with van der Waals surface area (Å²) in [5.41, 5.74) is 1.63. The zero-order chi connectivity index (χ0) is 16.9. The van der Waals surface area contributed by atoms with Gasteiger partial charge in [-0.05, 0) is 47.8 Å². The van der Waals surface area contributed by atoms with Crippen molar-refractivity contribution in [2.75, 3.05) is 11.5 Å². The molecule has 0 saturated carbocycles. The van der Waals surface area contributed by atoms with Gasteiger partial charge in [0.25, 0.3) is 5.69 Å². The van der Waals surface area contributed by atoms with Gasteiger partial charge in [0.1, 0.15) is 5.75 Å². The van der Waals surface area contributed by atoms with E-state index in [-0.39, 0.29) is 11.4 Å². The van der Waals surface area contributed by atoms with Crippen LogP contribution in [-0.4, -0.2) is 22.4 Å². The van der Waals surface area contributed by atoms with Gasteiger partial charge in [-0.3, -0.25) is 10.1 Å². The van der Waals surface area contributed by atoms with Gasteiger partial charge >= 0.3 is 5.97 Å². The van der Waals surface area contributed by atoms with E-state index in [1.54, 1.807) is 12.1 Å². The minimum absolute atomic E-state index is 0.0402. The predicted octanol–water partition coefficient (Wildman–Crippen LogP) is 4.68. The highest BCUT2D eigenvalue weighted by molar-refractivity contribution is 8.16. The topological polar surface area (TPSA) is 69.4 Å². The maximum absolute atomic E-state index is 12.2. The summed E-state index contributed by atoms with van der Waals surface area (Å²) in [4.78, 5) is 22.3. The molecule has 0 amide bonds. The Kier molecular flexibility index (Phi) is 5.42. The second-order valence-corrected chi connectivity index (χ2v) is 7.91. The lowest BCUT2D eigenvalue weighted by Gasteiger charge is -2.21. The van der Waals surface area contributed by atoms with Crippen LogP contribution in [0.1, 0.15) is 26.9 Å². The number of rotatable bonds is 4. The Hall–Kier alpha value is -1.99. The fourth-order valence-electron chi connectivity index (χ4n) is 2.26. The molecule has 0 bridgehead atoms. The van der Waals surface area contributed by atoms with Gasteiger partial charge in [0, 0.05) is 12.1 Å². The van der Waals surface area contributed by atoms with E-state index in [1.807, 2.05) is 35.7 Å². The van der Waals surface area contributed by atoms with Crippen molar-refractivity contribution < 1.29 is 14.5 Å². The second-order valence-electron chi connectivity index (χ2n) is 5.19. The molecular weight excluding hydrogens is 346 g/mol. The lowest BCUT2D eigenvalue weighted by Crippen LogP contribution is -2.09. The number of ether oxygens (including phenoxy) is 1. The van der Waals surface area contributed by atoms with E-state index in [1.165, 1.54) is 47.8 Å². The van der Waals surface area contributed by atoms with Gasteiger partial charge in [0.15, 0.2) is 0 Å². The number of hydrogen-bond acceptors (Lipinski definition) is 6. The van der Waals surface area contributed by atoms with E-state index in [0.29, 0.717) is 10.1 Å². The van der Waals surface area contributed by atoms with Crippen LogP contribution < -0.4 is 4.74 Å². The van der Waals surface area contributed by atoms with Crippen LogP contribution in [0.2, 0.25) is 0 Å². The minimum atomic E-state index is -0.494. The zero-order valence-electron chi connectivity index (χ0n) is 12.7. The number of carbonyl (C=O) groups is 1. The molecule has 5 nitrogen and oxygen atoms in total. The Morgan fingerprint density at radius 2 is 1.67 bits per heavy atom. The molecule has 0 atom stereocenters. The minimum Gasteiger partial charge on any atom is -0.423 e. The molecule has 7 heteroatoms. The second kappa shape index (κ2) is 7.72. The molecule has 0 aromatic heterocycles. The van der Waals surface area contributed by atoms with Crippen molar-refractivity contribution in [2.45, 2.75) is 11.0 Å². The van der Waals surface area contributed by atoms with E-state index in [4.69, 9.17) is 4.74 Å². The summed E-state index contributed by atoms with van der Waals surface area (Å²) in [6.07, 6.45) is 1.24. The number of nitro groups is 1. The van der Waals surface area contributed by atoms with E-state index < -0.39 is 10.9 Å². The first kappa shape index (κ1) is 16.9. The fraction of sp³-hybridized carbons (Fsp3) is 0.235. The Morgan fingerprint density at radius 3 is 2.25 bits per heavy atom. The highest BCUT2D eigenvalue weighted by atomic mass is 32.2. The highest BCUT2D eigenvalue weighted by Crippen LogP contribution is 2.43. The van der Waals surface area contributed by atoms with Crippen molar-refractivity contribution in [3.05, 3.63) is 69.8 Å². The number of thioether (sulfide) groups is 2. The van der Waals surface area contributed by atoms with Crippen LogP contribution in [0.15, 0.2) is 48.5 Å². The molecule has 0 spiro atoms. The molecule has 124 valence electrons. The van der Waals surface area contributed by atoms with Gasteiger partial charge in [-0.25, -0.2) is 4.79 Å². The van der Waals surface area contributed by atoms with E-state index >= 15 is 0 Å². The van der Waals surface area contributed by atoms with Crippen molar-refractivity contribution in [1.82, 2.24) is 0 Å². The molecule has 0 aliphatic carbocycles. The summed E-state index contributed by atoms with van der Waals surface area (Å²) in [5, 5.41) is 10.6. The first-order valence-corrected chi connectivity index (χ1v) is 9.53. The van der Waals surface area contributed by atoms with Crippen molar-refractivity contribution >= 4 is 35.2 Å². The molecular formula is C17H15NO4S2. The first-order valence-electron chi connectivity index (χ1n) is 7.43. The third-order valence-corrected chi connectivity index (χ3v) is 6.52. The van der Waals surface area contributed by atoms with E-state index in [2.05, 4.69) is 0 Å². The standard InChI is InChI=1S/C17H15NO4S2/c19-16(22-15-8-6-14(7-9-15)18(20)21)12-2-4-13(5-3-12)17-23-10-1-11-24-17/h2-9,17H,1,10-11H2. The van der Waals surface area contributed by atoms with Crippen LogP contribution in [0, 0.1) is 10.1 Å². The summed E-state index contributed by atoms with van der Waals surface area (Å²) < 4.78 is 5.68. The smallest absolute Gasteiger partial charge is 0.343 e. The zero-order valence-corrected chi connectivity index (χ0v) is 14.3. The number of nitrogens with zero attached hydrogens (tertiary/aromatic N) is 1. The molecule has 0 radical (unpaired) electrons. The maximum Gasteiger partial charge on any atom is 0.343 e. The molecule has 2 aromatic carbocycles. The van der Waals surface area contributed by atoms with Crippen LogP contribution in [0.3, 0.4) is 0 Å². The van der Waals surface area contributed by atoms with Crippen molar-refractivity contribution in [3.63, 3.8) is 0 Å². The molecule has 1 saturated heterocycles. The number of esters is 1. The van der Waals surface area contributed by atoms with Gasteiger partial charge in [-0.15, -0.1) is 23.5 Å². The van der Waals surface area contributed by atoms with Crippen molar-refractivity contribution in [3.8, 4) is 5.75 Å². The monoisotopic (exact) mass is 361 g/mol. The van der Waals surface area contributed by atoms with Gasteiger partial charge < -0.3 is 4.74 Å². The summed E-state index contributed by atoms with van der Waals surface area (Å²) >= 11 is 3.86. The SMILES string of the molecule is O=C(Oc1ccc([N+](=O)[O-])cc1)c1ccc(C2SCCCS2)cc1. The molecule has 1 aliphatic rings. The summed E-state index contributed by atoms with van der Waals surface area (Å²) in [5.74, 6) is 2.15. The van der Waals surface area contributed by atoms with Gasteiger partial charge in [-0.1, -0.05) is 12.1 Å². The maximum atomic E-state index is 12.2. The van der Waals surface area contributed by atoms with Crippen molar-refractivity contribution in [1.29, 1.82) is 0 Å². The number of non-ortho nitro benzene ring substituents is 1. The largest absolute Gasteiger partial charge is 0.423 e.